The van der Waals surface area contributed by atoms with Crippen molar-refractivity contribution < 1.29 is 29.2 Å². The maximum absolute atomic E-state index is 12.6. The zero-order chi connectivity index (χ0) is 33.3. The summed E-state index contributed by atoms with van der Waals surface area (Å²) in [6.07, 6.45) is 5.68. The van der Waals surface area contributed by atoms with E-state index in [2.05, 4.69) is 31.5 Å². The van der Waals surface area contributed by atoms with E-state index in [0.29, 0.717) is 38.8 Å². The molecule has 0 spiro atoms. The van der Waals surface area contributed by atoms with Gasteiger partial charge in [-0.05, 0) is 31.2 Å². The Morgan fingerprint density at radius 2 is 1.18 bits per heavy atom. The molecule has 0 unspecified atom stereocenters. The quantitative estimate of drug-likeness (QED) is 0.0188. The van der Waals surface area contributed by atoms with Crippen LogP contribution in [0.4, 0.5) is 0 Å². The summed E-state index contributed by atoms with van der Waals surface area (Å²) in [5, 5.41) is 35.3. The van der Waals surface area contributed by atoms with Crippen LogP contribution in [-0.2, 0) is 25.7 Å². The highest BCUT2D eigenvalue weighted by atomic mass is 16.7. The van der Waals surface area contributed by atoms with Crippen LogP contribution < -0.4 is 32.7 Å². The van der Waals surface area contributed by atoms with Crippen molar-refractivity contribution in [2.24, 2.45) is 21.7 Å². The van der Waals surface area contributed by atoms with Crippen molar-refractivity contribution >= 4 is 29.7 Å². The summed E-state index contributed by atoms with van der Waals surface area (Å²) in [5.74, 6) is -1.73. The van der Waals surface area contributed by atoms with Gasteiger partial charge in [0.25, 0.3) is 11.9 Å². The van der Waals surface area contributed by atoms with E-state index in [-0.39, 0.29) is 49.6 Å². The SMILES string of the molecule is N/C(=N\[N+](=O)[O-])NCCCCCCCC(=O)N[C@@H](CC(=O)OCc1ccccc1)NC(=O)CCCCCCN/C(N)=N/[N+](=O)[O-]. The molecule has 0 aliphatic heterocycles. The number of nitrogens with two attached hydrogens (primary N) is 2. The summed E-state index contributed by atoms with van der Waals surface area (Å²) in [4.78, 5) is 58.2. The van der Waals surface area contributed by atoms with Crippen LogP contribution in [0.15, 0.2) is 40.5 Å². The average molecular weight is 637 g/mol. The molecule has 0 bridgehead atoms. The topological polar surface area (TPSA) is 272 Å². The van der Waals surface area contributed by atoms with Crippen molar-refractivity contribution in [3.8, 4) is 0 Å². The van der Waals surface area contributed by atoms with Gasteiger partial charge in [0.1, 0.15) is 23.0 Å². The molecule has 0 saturated heterocycles. The molecule has 18 heteroatoms. The van der Waals surface area contributed by atoms with Crippen LogP contribution in [0.3, 0.4) is 0 Å². The lowest BCUT2D eigenvalue weighted by Gasteiger charge is -2.20. The Kier molecular flexibility index (Phi) is 19.8. The minimum Gasteiger partial charge on any atom is -0.461 e. The number of amides is 2. The number of ether oxygens (including phenoxy) is 1. The Hall–Kier alpha value is -5.03. The molecule has 0 aliphatic rings. The van der Waals surface area contributed by atoms with E-state index < -0.39 is 22.2 Å². The van der Waals surface area contributed by atoms with E-state index in [1.54, 1.807) is 0 Å². The molecule has 2 amide bonds. The predicted octanol–water partition coefficient (Wildman–Crippen LogP) is 1.16. The van der Waals surface area contributed by atoms with E-state index in [0.717, 1.165) is 37.7 Å². The largest absolute Gasteiger partial charge is 0.461 e. The van der Waals surface area contributed by atoms with Gasteiger partial charge in [-0.2, -0.15) is 0 Å². The molecule has 0 aliphatic carbocycles. The number of hydrogen-bond donors (Lipinski definition) is 6. The molecule has 0 fully saturated rings. The Morgan fingerprint density at radius 1 is 0.733 bits per heavy atom. The maximum Gasteiger partial charge on any atom is 0.310 e. The van der Waals surface area contributed by atoms with Gasteiger partial charge in [-0.1, -0.05) is 62.4 Å². The molecule has 0 heterocycles. The zero-order valence-electron chi connectivity index (χ0n) is 25.3. The summed E-state index contributed by atoms with van der Waals surface area (Å²) < 4.78 is 5.32. The van der Waals surface area contributed by atoms with Crippen LogP contribution in [0.5, 0.6) is 0 Å². The van der Waals surface area contributed by atoms with Crippen LogP contribution >= 0.6 is 0 Å². The fraction of sp³-hybridized carbons (Fsp3) is 0.593. The summed E-state index contributed by atoms with van der Waals surface area (Å²) >= 11 is 0. The first kappa shape index (κ1) is 38.0. The van der Waals surface area contributed by atoms with Crippen molar-refractivity contribution in [1.82, 2.24) is 21.3 Å². The van der Waals surface area contributed by atoms with Gasteiger partial charge in [-0.25, -0.2) is 20.2 Å². The Labute approximate surface area is 261 Å². The molecule has 1 aromatic carbocycles. The molecule has 250 valence electrons. The van der Waals surface area contributed by atoms with Crippen molar-refractivity contribution in [3.05, 3.63) is 56.1 Å². The molecule has 1 aromatic rings. The Bertz CT molecular complexity index is 1130. The molecule has 1 atom stereocenters. The third-order valence-electron chi connectivity index (χ3n) is 6.19. The third kappa shape index (κ3) is 22.2. The number of esters is 1. The molecule has 0 radical (unpaired) electrons. The smallest absolute Gasteiger partial charge is 0.310 e. The first-order valence-electron chi connectivity index (χ1n) is 14.8. The van der Waals surface area contributed by atoms with E-state index in [1.807, 2.05) is 30.3 Å². The van der Waals surface area contributed by atoms with Crippen LogP contribution in [0.25, 0.3) is 0 Å². The number of nitro groups is 2. The number of unbranched alkanes of at least 4 members (excludes halogenated alkanes) is 7. The molecular formula is C27H44N10O8. The Morgan fingerprint density at radius 3 is 1.64 bits per heavy atom. The second kappa shape index (κ2) is 23.4. The number of hydrazone groups is 2. The van der Waals surface area contributed by atoms with Gasteiger partial charge in [0.15, 0.2) is 10.1 Å². The van der Waals surface area contributed by atoms with Gasteiger partial charge in [-0.3, -0.25) is 14.4 Å². The number of benzene rings is 1. The van der Waals surface area contributed by atoms with Crippen molar-refractivity contribution in [3.63, 3.8) is 0 Å². The lowest BCUT2D eigenvalue weighted by Crippen LogP contribution is -2.49. The van der Waals surface area contributed by atoms with Crippen molar-refractivity contribution in [1.29, 1.82) is 0 Å². The molecule has 1 rings (SSSR count). The lowest BCUT2D eigenvalue weighted by atomic mass is 10.1. The number of carbonyl (C=O) groups is 3. The summed E-state index contributed by atoms with van der Waals surface area (Å²) in [5.41, 5.74) is 11.5. The summed E-state index contributed by atoms with van der Waals surface area (Å²) in [7, 11) is 0. The molecule has 18 nitrogen and oxygen atoms in total. The molecular weight excluding hydrogens is 592 g/mol. The van der Waals surface area contributed by atoms with Gasteiger partial charge in [0.2, 0.25) is 11.8 Å². The number of rotatable bonds is 23. The van der Waals surface area contributed by atoms with E-state index >= 15 is 0 Å². The van der Waals surface area contributed by atoms with E-state index in [4.69, 9.17) is 16.2 Å². The average Bonchev–Trinajstić information content (AvgIpc) is 2.96. The van der Waals surface area contributed by atoms with Crippen molar-refractivity contribution in [2.75, 3.05) is 13.1 Å². The van der Waals surface area contributed by atoms with Gasteiger partial charge in [-0.15, -0.1) is 0 Å². The van der Waals surface area contributed by atoms with Gasteiger partial charge < -0.3 is 37.5 Å². The highest BCUT2D eigenvalue weighted by Gasteiger charge is 2.19. The lowest BCUT2D eigenvalue weighted by molar-refractivity contribution is -0.485. The van der Waals surface area contributed by atoms with Crippen LogP contribution in [0, 0.1) is 20.2 Å². The van der Waals surface area contributed by atoms with Gasteiger partial charge in [0.05, 0.1) is 6.42 Å². The molecule has 0 aromatic heterocycles. The minimum atomic E-state index is -0.932. The minimum absolute atomic E-state index is 0.0668. The van der Waals surface area contributed by atoms with Crippen LogP contribution in [0.2, 0.25) is 0 Å². The van der Waals surface area contributed by atoms with E-state index in [9.17, 15) is 34.6 Å². The highest BCUT2D eigenvalue weighted by molar-refractivity contribution is 5.81. The van der Waals surface area contributed by atoms with Crippen molar-refractivity contribution in [2.45, 2.75) is 89.8 Å². The number of nitrogens with one attached hydrogen (secondary N) is 4. The highest BCUT2D eigenvalue weighted by Crippen LogP contribution is 2.07. The second-order valence-corrected chi connectivity index (χ2v) is 10.0. The number of nitrogens with zero attached hydrogens (tertiary/aromatic N) is 4. The normalized spacial score (nSPS) is 12.1. The summed E-state index contributed by atoms with van der Waals surface area (Å²) in [6, 6.07) is 9.12. The van der Waals surface area contributed by atoms with E-state index in [1.165, 1.54) is 0 Å². The number of carbonyl (C=O) groups excluding carboxylic acids is 3. The molecule has 0 saturated carbocycles. The molecule has 45 heavy (non-hydrogen) atoms. The third-order valence-corrected chi connectivity index (χ3v) is 6.19. The van der Waals surface area contributed by atoms with Gasteiger partial charge >= 0.3 is 5.97 Å². The standard InChI is InChI=1S/C27H44N10O8/c28-26(34-36(41)42)30-17-11-4-1-2-9-15-23(38)32-22(19-25(40)45-20-21-13-7-6-8-14-21)33-24(39)16-10-3-5-12-18-31-27(29)35-37(43)44/h6-8,13-14,22H,1-5,9-12,15-20H2,(H,32,38)(H,33,39)(H3,28,30,34)(H3,29,31,35)/t22-/m1/s1. The second-order valence-electron chi connectivity index (χ2n) is 10.0. The number of hydrogen-bond acceptors (Lipinski definition) is 8. The Balaban J connectivity index is 2.42. The van der Waals surface area contributed by atoms with Crippen LogP contribution in [0.1, 0.15) is 82.6 Å². The number of guanidine groups is 2. The fourth-order valence-electron chi connectivity index (χ4n) is 4.02. The first-order chi connectivity index (χ1) is 21.5. The maximum atomic E-state index is 12.6. The van der Waals surface area contributed by atoms with Gasteiger partial charge in [0, 0.05) is 25.9 Å². The molecule has 8 N–H and O–H groups in total. The zero-order valence-corrected chi connectivity index (χ0v) is 25.3. The predicted molar refractivity (Wildman–Crippen MR) is 165 cm³/mol. The monoisotopic (exact) mass is 636 g/mol. The fourth-order valence-corrected chi connectivity index (χ4v) is 4.02. The first-order valence-corrected chi connectivity index (χ1v) is 14.8. The van der Waals surface area contributed by atoms with Crippen LogP contribution in [-0.4, -0.2) is 59.0 Å². The summed E-state index contributed by atoms with van der Waals surface area (Å²) in [6.45, 7) is 0.915.